The highest BCUT2D eigenvalue weighted by atomic mass is 16.6. The third-order valence-electron chi connectivity index (χ3n) is 3.88. The van der Waals surface area contributed by atoms with Crippen molar-refractivity contribution in [2.24, 2.45) is 11.8 Å². The minimum Gasteiger partial charge on any atom is -0.364 e. The SMILES string of the molecule is CNc1ncc([N+](=O)[O-])c(NCC2CCC(C)CC2)n1. The normalized spacial score (nSPS) is 22.3. The van der Waals surface area contributed by atoms with Gasteiger partial charge in [0.15, 0.2) is 0 Å². The molecule has 0 atom stereocenters. The Morgan fingerprint density at radius 2 is 2.10 bits per heavy atom. The van der Waals surface area contributed by atoms with Gasteiger partial charge in [0.05, 0.1) is 4.92 Å². The fourth-order valence-corrected chi connectivity index (χ4v) is 2.53. The molecule has 0 bridgehead atoms. The van der Waals surface area contributed by atoms with Gasteiger partial charge in [-0.3, -0.25) is 10.1 Å². The Labute approximate surface area is 118 Å². The van der Waals surface area contributed by atoms with E-state index in [9.17, 15) is 10.1 Å². The summed E-state index contributed by atoms with van der Waals surface area (Å²) in [5.74, 6) is 2.05. The zero-order chi connectivity index (χ0) is 14.5. The zero-order valence-electron chi connectivity index (χ0n) is 11.9. The molecule has 20 heavy (non-hydrogen) atoms. The predicted molar refractivity (Wildman–Crippen MR) is 77.8 cm³/mol. The molecule has 2 rings (SSSR count). The van der Waals surface area contributed by atoms with Crippen LogP contribution < -0.4 is 10.6 Å². The molecule has 110 valence electrons. The number of nitrogens with zero attached hydrogens (tertiary/aromatic N) is 3. The molecule has 7 heteroatoms. The van der Waals surface area contributed by atoms with E-state index in [1.165, 1.54) is 31.9 Å². The Bertz CT molecular complexity index is 472. The van der Waals surface area contributed by atoms with E-state index >= 15 is 0 Å². The number of rotatable bonds is 5. The average molecular weight is 279 g/mol. The van der Waals surface area contributed by atoms with Crippen molar-refractivity contribution in [3.63, 3.8) is 0 Å². The maximum absolute atomic E-state index is 11.0. The van der Waals surface area contributed by atoms with Gasteiger partial charge in [-0.1, -0.05) is 19.8 Å². The van der Waals surface area contributed by atoms with Gasteiger partial charge in [0, 0.05) is 13.6 Å². The molecule has 1 fully saturated rings. The minimum atomic E-state index is -0.454. The quantitative estimate of drug-likeness (QED) is 0.635. The van der Waals surface area contributed by atoms with E-state index in [0.29, 0.717) is 17.7 Å². The van der Waals surface area contributed by atoms with Crippen LogP contribution in [-0.4, -0.2) is 28.5 Å². The molecule has 1 saturated carbocycles. The van der Waals surface area contributed by atoms with Gasteiger partial charge in [0.1, 0.15) is 6.20 Å². The van der Waals surface area contributed by atoms with Crippen LogP contribution in [0, 0.1) is 22.0 Å². The molecule has 1 heterocycles. The summed E-state index contributed by atoms with van der Waals surface area (Å²) in [5, 5.41) is 16.9. The highest BCUT2D eigenvalue weighted by Crippen LogP contribution is 2.29. The van der Waals surface area contributed by atoms with E-state index in [-0.39, 0.29) is 5.69 Å². The van der Waals surface area contributed by atoms with Crippen LogP contribution in [0.3, 0.4) is 0 Å². The first-order valence-corrected chi connectivity index (χ1v) is 7.03. The van der Waals surface area contributed by atoms with Gasteiger partial charge in [-0.2, -0.15) is 4.98 Å². The lowest BCUT2D eigenvalue weighted by atomic mass is 9.83. The van der Waals surface area contributed by atoms with Crippen LogP contribution in [0.1, 0.15) is 32.6 Å². The molecule has 0 aliphatic heterocycles. The van der Waals surface area contributed by atoms with E-state index in [1.807, 2.05) is 0 Å². The van der Waals surface area contributed by atoms with E-state index in [2.05, 4.69) is 27.5 Å². The van der Waals surface area contributed by atoms with E-state index in [4.69, 9.17) is 0 Å². The van der Waals surface area contributed by atoms with Gasteiger partial charge in [-0.25, -0.2) is 4.98 Å². The third-order valence-corrected chi connectivity index (χ3v) is 3.88. The molecule has 0 unspecified atom stereocenters. The molecule has 7 nitrogen and oxygen atoms in total. The van der Waals surface area contributed by atoms with Crippen LogP contribution in [0.2, 0.25) is 0 Å². The van der Waals surface area contributed by atoms with Crippen LogP contribution in [0.4, 0.5) is 17.5 Å². The van der Waals surface area contributed by atoms with Crippen molar-refractivity contribution >= 4 is 17.5 Å². The Kier molecular flexibility index (Phi) is 4.70. The van der Waals surface area contributed by atoms with E-state index in [1.54, 1.807) is 7.05 Å². The van der Waals surface area contributed by atoms with Crippen molar-refractivity contribution in [1.82, 2.24) is 9.97 Å². The van der Waals surface area contributed by atoms with Gasteiger partial charge in [0.25, 0.3) is 0 Å². The number of aromatic nitrogens is 2. The molecular weight excluding hydrogens is 258 g/mol. The summed E-state index contributed by atoms with van der Waals surface area (Å²) in [6.45, 7) is 3.01. The van der Waals surface area contributed by atoms with Gasteiger partial charge in [-0.05, 0) is 24.7 Å². The van der Waals surface area contributed by atoms with Crippen LogP contribution in [0.15, 0.2) is 6.20 Å². The summed E-state index contributed by atoms with van der Waals surface area (Å²) in [5.41, 5.74) is -0.0758. The van der Waals surface area contributed by atoms with Gasteiger partial charge >= 0.3 is 5.69 Å². The van der Waals surface area contributed by atoms with Gasteiger partial charge in [-0.15, -0.1) is 0 Å². The van der Waals surface area contributed by atoms with Crippen molar-refractivity contribution in [2.45, 2.75) is 32.6 Å². The van der Waals surface area contributed by atoms with Crippen LogP contribution >= 0.6 is 0 Å². The lowest BCUT2D eigenvalue weighted by Gasteiger charge is -2.26. The maximum Gasteiger partial charge on any atom is 0.329 e. The monoisotopic (exact) mass is 279 g/mol. The lowest BCUT2D eigenvalue weighted by Crippen LogP contribution is -2.21. The lowest BCUT2D eigenvalue weighted by molar-refractivity contribution is -0.384. The summed E-state index contributed by atoms with van der Waals surface area (Å²) in [4.78, 5) is 18.5. The van der Waals surface area contributed by atoms with Crippen molar-refractivity contribution in [3.8, 4) is 0 Å². The molecule has 0 radical (unpaired) electrons. The Hall–Kier alpha value is -1.92. The molecule has 1 aromatic heterocycles. The molecule has 1 aliphatic rings. The number of nitro groups is 1. The third kappa shape index (κ3) is 3.55. The number of anilines is 2. The summed E-state index contributed by atoms with van der Waals surface area (Å²) in [6.07, 6.45) is 6.06. The molecule has 2 N–H and O–H groups in total. The van der Waals surface area contributed by atoms with Crippen molar-refractivity contribution in [2.75, 3.05) is 24.2 Å². The summed E-state index contributed by atoms with van der Waals surface area (Å²) in [6, 6.07) is 0. The first-order valence-electron chi connectivity index (χ1n) is 7.03. The highest BCUT2D eigenvalue weighted by molar-refractivity contribution is 5.56. The summed E-state index contributed by atoms with van der Waals surface area (Å²) < 4.78 is 0. The number of nitrogens with one attached hydrogen (secondary N) is 2. The van der Waals surface area contributed by atoms with Crippen molar-refractivity contribution in [1.29, 1.82) is 0 Å². The predicted octanol–water partition coefficient (Wildman–Crippen LogP) is 2.66. The smallest absolute Gasteiger partial charge is 0.329 e. The second-order valence-corrected chi connectivity index (χ2v) is 5.44. The molecular formula is C13H21N5O2. The standard InChI is InChI=1S/C13H21N5O2/c1-9-3-5-10(6-4-9)7-15-12-11(18(19)20)8-16-13(14-2)17-12/h8-10H,3-7H2,1-2H3,(H2,14,15,16,17). The van der Waals surface area contributed by atoms with Crippen LogP contribution in [-0.2, 0) is 0 Å². The van der Waals surface area contributed by atoms with Crippen LogP contribution in [0.5, 0.6) is 0 Å². The molecule has 0 spiro atoms. The van der Waals surface area contributed by atoms with E-state index in [0.717, 1.165) is 12.5 Å². The molecule has 0 saturated heterocycles. The molecule has 0 amide bonds. The Morgan fingerprint density at radius 3 is 2.70 bits per heavy atom. The number of hydrogen-bond donors (Lipinski definition) is 2. The molecule has 1 aliphatic carbocycles. The second kappa shape index (κ2) is 6.49. The molecule has 1 aromatic rings. The fraction of sp³-hybridized carbons (Fsp3) is 0.692. The zero-order valence-corrected chi connectivity index (χ0v) is 11.9. The largest absolute Gasteiger partial charge is 0.364 e. The Balaban J connectivity index is 2.02. The van der Waals surface area contributed by atoms with Gasteiger partial charge in [0.2, 0.25) is 11.8 Å². The number of hydrogen-bond acceptors (Lipinski definition) is 6. The van der Waals surface area contributed by atoms with Crippen molar-refractivity contribution in [3.05, 3.63) is 16.3 Å². The maximum atomic E-state index is 11.0. The summed E-state index contributed by atoms with van der Waals surface area (Å²) >= 11 is 0. The van der Waals surface area contributed by atoms with E-state index < -0.39 is 4.92 Å². The minimum absolute atomic E-state index is 0.0758. The summed E-state index contributed by atoms with van der Waals surface area (Å²) in [7, 11) is 1.69. The Morgan fingerprint density at radius 1 is 1.40 bits per heavy atom. The highest BCUT2D eigenvalue weighted by Gasteiger charge is 2.21. The topological polar surface area (TPSA) is 93.0 Å². The first-order chi connectivity index (χ1) is 9.60. The van der Waals surface area contributed by atoms with Crippen LogP contribution in [0.25, 0.3) is 0 Å². The van der Waals surface area contributed by atoms with Crippen molar-refractivity contribution < 1.29 is 4.92 Å². The average Bonchev–Trinajstić information content (AvgIpc) is 2.46. The molecule has 0 aromatic carbocycles. The first kappa shape index (κ1) is 14.5. The second-order valence-electron chi connectivity index (χ2n) is 5.44. The fourth-order valence-electron chi connectivity index (χ4n) is 2.53. The van der Waals surface area contributed by atoms with Gasteiger partial charge < -0.3 is 10.6 Å².